The van der Waals surface area contributed by atoms with Gasteiger partial charge < -0.3 is 4.67 Å². The van der Waals surface area contributed by atoms with E-state index in [2.05, 4.69) is 4.98 Å². The second-order valence-corrected chi connectivity index (χ2v) is 7.32. The van der Waals surface area contributed by atoms with Crippen LogP contribution in [0.3, 0.4) is 0 Å². The van der Waals surface area contributed by atoms with Crippen molar-refractivity contribution in [3.63, 3.8) is 0 Å². The van der Waals surface area contributed by atoms with E-state index in [1.54, 1.807) is 0 Å². The van der Waals surface area contributed by atoms with Crippen LogP contribution in [0.15, 0.2) is 6.07 Å². The standard InChI is InChI=1S/C16H22F3N2OP/c1-9-5-6-11(22)8-12(9)15-14(16(17,18)19)10(2)7-13(20-15)21(3)23-4/h7,9,12,23H,5-6,8H2,1-4H3. The number of pyridine rings is 1. The molecule has 0 aromatic carbocycles. The minimum absolute atomic E-state index is 0.0188. The number of Topliss-reactive ketones (excluding diaryl/α,β-unsaturated/α-hetero) is 1. The van der Waals surface area contributed by atoms with Crippen LogP contribution in [-0.2, 0) is 11.0 Å². The fourth-order valence-electron chi connectivity index (χ4n) is 3.11. The molecule has 0 amide bonds. The van der Waals surface area contributed by atoms with Crippen molar-refractivity contribution in [3.05, 3.63) is 22.9 Å². The number of aryl methyl sites for hydroxylation is 1. The maximum Gasteiger partial charge on any atom is 0.418 e. The van der Waals surface area contributed by atoms with Gasteiger partial charge in [-0.2, -0.15) is 13.2 Å². The average Bonchev–Trinajstić information content (AvgIpc) is 2.46. The molecule has 1 fully saturated rings. The van der Waals surface area contributed by atoms with E-state index < -0.39 is 17.7 Å². The van der Waals surface area contributed by atoms with E-state index in [1.807, 2.05) is 25.3 Å². The summed E-state index contributed by atoms with van der Waals surface area (Å²) in [4.78, 5) is 16.1. The van der Waals surface area contributed by atoms with Gasteiger partial charge in [-0.1, -0.05) is 6.92 Å². The number of carbonyl (C=O) groups excluding carboxylic acids is 1. The maximum atomic E-state index is 13.6. The summed E-state index contributed by atoms with van der Waals surface area (Å²) >= 11 is 0. The van der Waals surface area contributed by atoms with Crippen LogP contribution in [0.1, 0.15) is 48.9 Å². The summed E-state index contributed by atoms with van der Waals surface area (Å²) in [5.41, 5.74) is -0.452. The summed E-state index contributed by atoms with van der Waals surface area (Å²) in [5, 5.41) is 0. The number of aromatic nitrogens is 1. The number of nitrogens with zero attached hydrogens (tertiary/aromatic N) is 2. The number of anilines is 1. The Morgan fingerprint density at radius 1 is 1.39 bits per heavy atom. The number of alkyl halides is 3. The van der Waals surface area contributed by atoms with Gasteiger partial charge in [0.25, 0.3) is 0 Å². The molecule has 1 aliphatic carbocycles. The van der Waals surface area contributed by atoms with Crippen LogP contribution < -0.4 is 4.67 Å². The third kappa shape index (κ3) is 3.85. The number of carbonyl (C=O) groups is 1. The molecule has 128 valence electrons. The van der Waals surface area contributed by atoms with Gasteiger partial charge in [-0.15, -0.1) is 0 Å². The zero-order valence-electron chi connectivity index (χ0n) is 13.8. The molecule has 1 heterocycles. The lowest BCUT2D eigenvalue weighted by Gasteiger charge is -2.31. The highest BCUT2D eigenvalue weighted by Gasteiger charge is 2.41. The summed E-state index contributed by atoms with van der Waals surface area (Å²) in [5.74, 6) is 0.124. The molecule has 23 heavy (non-hydrogen) atoms. The molecule has 2 rings (SSSR count). The van der Waals surface area contributed by atoms with Crippen LogP contribution in [0.5, 0.6) is 0 Å². The first-order valence-corrected chi connectivity index (χ1v) is 9.11. The van der Waals surface area contributed by atoms with E-state index in [9.17, 15) is 18.0 Å². The first-order chi connectivity index (χ1) is 10.6. The van der Waals surface area contributed by atoms with Crippen molar-refractivity contribution in [3.8, 4) is 0 Å². The van der Waals surface area contributed by atoms with Crippen molar-refractivity contribution in [2.75, 3.05) is 18.4 Å². The molecule has 3 atom stereocenters. The number of hydrogen-bond donors (Lipinski definition) is 0. The SMILES string of the molecule is CPN(C)c1cc(C)c(C(F)(F)F)c(C2CC(=O)CCC2C)n1. The molecule has 1 saturated carbocycles. The van der Waals surface area contributed by atoms with Crippen molar-refractivity contribution in [2.45, 2.75) is 45.2 Å². The van der Waals surface area contributed by atoms with Crippen molar-refractivity contribution < 1.29 is 18.0 Å². The average molecular weight is 346 g/mol. The lowest BCUT2D eigenvalue weighted by atomic mass is 9.76. The number of rotatable bonds is 3. The minimum atomic E-state index is -4.46. The van der Waals surface area contributed by atoms with Crippen LogP contribution in [0.25, 0.3) is 0 Å². The van der Waals surface area contributed by atoms with Gasteiger partial charge in [0, 0.05) is 25.8 Å². The zero-order valence-corrected chi connectivity index (χ0v) is 14.8. The summed E-state index contributed by atoms with van der Waals surface area (Å²) in [6.45, 7) is 5.33. The van der Waals surface area contributed by atoms with Crippen molar-refractivity contribution in [1.29, 1.82) is 0 Å². The molecule has 0 N–H and O–H groups in total. The lowest BCUT2D eigenvalue weighted by Crippen LogP contribution is -2.26. The molecule has 1 aromatic heterocycles. The summed E-state index contributed by atoms with van der Waals surface area (Å²) < 4.78 is 42.5. The molecule has 0 aliphatic heterocycles. The van der Waals surface area contributed by atoms with E-state index in [1.165, 1.54) is 13.0 Å². The van der Waals surface area contributed by atoms with Crippen molar-refractivity contribution >= 4 is 20.3 Å². The van der Waals surface area contributed by atoms with E-state index in [0.717, 1.165) is 0 Å². The summed E-state index contributed by atoms with van der Waals surface area (Å²) in [6, 6.07) is 1.48. The highest BCUT2D eigenvalue weighted by molar-refractivity contribution is 7.39. The van der Waals surface area contributed by atoms with Gasteiger partial charge in [-0.25, -0.2) is 4.98 Å². The van der Waals surface area contributed by atoms with E-state index in [0.29, 0.717) is 27.4 Å². The van der Waals surface area contributed by atoms with Crippen LogP contribution in [0, 0.1) is 12.8 Å². The zero-order chi connectivity index (χ0) is 17.4. The third-order valence-electron chi connectivity index (χ3n) is 4.56. The molecule has 1 aromatic rings. The molecular weight excluding hydrogens is 324 g/mol. The molecule has 0 radical (unpaired) electrons. The molecule has 7 heteroatoms. The molecule has 0 spiro atoms. The first-order valence-electron chi connectivity index (χ1n) is 7.66. The third-order valence-corrected chi connectivity index (χ3v) is 5.46. The van der Waals surface area contributed by atoms with E-state index in [-0.39, 0.29) is 29.4 Å². The fourth-order valence-corrected chi connectivity index (χ4v) is 3.45. The Bertz CT molecular complexity index is 604. The highest BCUT2D eigenvalue weighted by Crippen LogP contribution is 2.44. The topological polar surface area (TPSA) is 33.2 Å². The van der Waals surface area contributed by atoms with Gasteiger partial charge in [0.1, 0.15) is 11.6 Å². The molecular formula is C16H22F3N2OP. The Hall–Kier alpha value is -1.16. The predicted octanol–water partition coefficient (Wildman–Crippen LogP) is 4.54. The van der Waals surface area contributed by atoms with Gasteiger partial charge in [0.05, 0.1) is 11.3 Å². The van der Waals surface area contributed by atoms with Crippen molar-refractivity contribution in [2.24, 2.45) is 5.92 Å². The van der Waals surface area contributed by atoms with Crippen LogP contribution in [-0.4, -0.2) is 24.5 Å². The monoisotopic (exact) mass is 346 g/mol. The second kappa shape index (κ2) is 6.76. The van der Waals surface area contributed by atoms with Gasteiger partial charge in [-0.3, -0.25) is 4.79 Å². The number of halogens is 3. The minimum Gasteiger partial charge on any atom is -0.342 e. The fraction of sp³-hybridized carbons (Fsp3) is 0.625. The van der Waals surface area contributed by atoms with E-state index in [4.69, 9.17) is 0 Å². The smallest absolute Gasteiger partial charge is 0.342 e. The largest absolute Gasteiger partial charge is 0.418 e. The van der Waals surface area contributed by atoms with Crippen LogP contribution in [0.2, 0.25) is 0 Å². The van der Waals surface area contributed by atoms with Gasteiger partial charge >= 0.3 is 6.18 Å². The van der Waals surface area contributed by atoms with Crippen LogP contribution >= 0.6 is 8.73 Å². The number of ketones is 1. The Morgan fingerprint density at radius 3 is 2.61 bits per heavy atom. The van der Waals surface area contributed by atoms with Gasteiger partial charge in [0.2, 0.25) is 0 Å². The Kier molecular flexibility index (Phi) is 5.34. The Balaban J connectivity index is 2.61. The molecule has 0 bridgehead atoms. The highest BCUT2D eigenvalue weighted by atomic mass is 31.1. The molecule has 3 unspecified atom stereocenters. The van der Waals surface area contributed by atoms with Gasteiger partial charge in [-0.05, 0) is 46.3 Å². The Morgan fingerprint density at radius 2 is 2.04 bits per heavy atom. The second-order valence-electron chi connectivity index (χ2n) is 6.20. The molecule has 3 nitrogen and oxygen atoms in total. The van der Waals surface area contributed by atoms with Gasteiger partial charge in [0.15, 0.2) is 0 Å². The number of hydrogen-bond acceptors (Lipinski definition) is 3. The summed E-state index contributed by atoms with van der Waals surface area (Å²) in [6.07, 6.45) is -3.23. The predicted molar refractivity (Wildman–Crippen MR) is 87.4 cm³/mol. The quantitative estimate of drug-likeness (QED) is 0.754. The van der Waals surface area contributed by atoms with E-state index >= 15 is 0 Å². The van der Waals surface area contributed by atoms with Crippen LogP contribution in [0.4, 0.5) is 19.0 Å². The molecule has 1 aliphatic rings. The molecule has 0 saturated heterocycles. The maximum absolute atomic E-state index is 13.6. The first kappa shape index (κ1) is 18.2. The lowest BCUT2D eigenvalue weighted by molar-refractivity contribution is -0.139. The Labute approximate surface area is 136 Å². The van der Waals surface area contributed by atoms with Crippen molar-refractivity contribution in [1.82, 2.24) is 4.98 Å². The normalized spacial score (nSPS) is 22.8. The summed E-state index contributed by atoms with van der Waals surface area (Å²) in [7, 11) is 2.22.